The molecule has 0 unspecified atom stereocenters. The quantitative estimate of drug-likeness (QED) is 0.800. The summed E-state index contributed by atoms with van der Waals surface area (Å²) in [4.78, 5) is 12.5. The number of amides is 1. The maximum Gasteiger partial charge on any atom is 0.227 e. The lowest BCUT2D eigenvalue weighted by molar-refractivity contribution is -0.120. The summed E-state index contributed by atoms with van der Waals surface area (Å²) in [7, 11) is -3.20. The number of piperidine rings is 1. The molecule has 0 bridgehead atoms. The van der Waals surface area contributed by atoms with Gasteiger partial charge in [0.25, 0.3) is 0 Å². The van der Waals surface area contributed by atoms with Crippen LogP contribution in [0.2, 0.25) is 0 Å². The zero-order valence-electron chi connectivity index (χ0n) is 16.3. The summed E-state index contributed by atoms with van der Waals surface area (Å²) in [6.07, 6.45) is 7.79. The number of aryl methyl sites for hydroxylation is 1. The van der Waals surface area contributed by atoms with Crippen LogP contribution in [0.15, 0.2) is 24.3 Å². The molecule has 27 heavy (non-hydrogen) atoms. The van der Waals surface area contributed by atoms with E-state index in [2.05, 4.69) is 12.2 Å². The van der Waals surface area contributed by atoms with Crippen molar-refractivity contribution < 1.29 is 13.2 Å². The van der Waals surface area contributed by atoms with Gasteiger partial charge in [0.15, 0.2) is 0 Å². The standard InChI is InChI=1S/C21H32N2O3S/c1-2-17-8-10-20(11-9-17)22-21(24)19-12-14-23(15-13-19)27(25,26)16-18-6-4-3-5-7-18/h8-11,18-19H,2-7,12-16H2,1H3,(H,22,24). The Hall–Kier alpha value is -1.40. The van der Waals surface area contributed by atoms with Crippen molar-refractivity contribution in [1.82, 2.24) is 4.31 Å². The van der Waals surface area contributed by atoms with Crippen molar-refractivity contribution in [2.75, 3.05) is 24.2 Å². The van der Waals surface area contributed by atoms with E-state index in [0.29, 0.717) is 31.8 Å². The van der Waals surface area contributed by atoms with Crippen LogP contribution in [0.4, 0.5) is 5.69 Å². The smallest absolute Gasteiger partial charge is 0.227 e. The molecule has 1 N–H and O–H groups in total. The Labute approximate surface area is 163 Å². The summed E-state index contributed by atoms with van der Waals surface area (Å²) in [6.45, 7) is 3.02. The van der Waals surface area contributed by atoms with Crippen LogP contribution in [0, 0.1) is 11.8 Å². The summed E-state index contributed by atoms with van der Waals surface area (Å²) in [6, 6.07) is 7.91. The predicted molar refractivity (Wildman–Crippen MR) is 109 cm³/mol. The van der Waals surface area contributed by atoms with Crippen LogP contribution in [0.1, 0.15) is 57.4 Å². The minimum atomic E-state index is -3.20. The van der Waals surface area contributed by atoms with Crippen LogP contribution in [0.5, 0.6) is 0 Å². The highest BCUT2D eigenvalue weighted by Crippen LogP contribution is 2.28. The van der Waals surface area contributed by atoms with E-state index >= 15 is 0 Å². The van der Waals surface area contributed by atoms with Gasteiger partial charge in [-0.25, -0.2) is 12.7 Å². The Morgan fingerprint density at radius 2 is 1.67 bits per heavy atom. The van der Waals surface area contributed by atoms with Gasteiger partial charge in [0.2, 0.25) is 15.9 Å². The first-order valence-electron chi connectivity index (χ1n) is 10.4. The van der Waals surface area contributed by atoms with Crippen molar-refractivity contribution in [2.45, 2.75) is 58.3 Å². The van der Waals surface area contributed by atoms with Crippen molar-refractivity contribution in [3.8, 4) is 0 Å². The second kappa shape index (κ2) is 9.20. The van der Waals surface area contributed by atoms with Crippen molar-refractivity contribution in [2.24, 2.45) is 11.8 Å². The predicted octanol–water partition coefficient (Wildman–Crippen LogP) is 3.81. The molecule has 6 heteroatoms. The maximum absolute atomic E-state index is 12.7. The van der Waals surface area contributed by atoms with E-state index in [9.17, 15) is 13.2 Å². The largest absolute Gasteiger partial charge is 0.326 e. The van der Waals surface area contributed by atoms with Crippen LogP contribution >= 0.6 is 0 Å². The van der Waals surface area contributed by atoms with Gasteiger partial charge in [-0.15, -0.1) is 0 Å². The second-order valence-corrected chi connectivity index (χ2v) is 10.0. The fourth-order valence-corrected chi connectivity index (χ4v) is 6.13. The van der Waals surface area contributed by atoms with Crippen LogP contribution in [-0.4, -0.2) is 37.5 Å². The third kappa shape index (κ3) is 5.55. The molecule has 1 heterocycles. The molecular formula is C21H32N2O3S. The molecule has 1 saturated carbocycles. The van der Waals surface area contributed by atoms with Crippen molar-refractivity contribution in [3.63, 3.8) is 0 Å². The molecule has 0 atom stereocenters. The average molecular weight is 393 g/mol. The number of rotatable bonds is 6. The Bertz CT molecular complexity index is 716. The SMILES string of the molecule is CCc1ccc(NC(=O)C2CCN(S(=O)(=O)CC3CCCCC3)CC2)cc1. The summed E-state index contributed by atoms with van der Waals surface area (Å²) in [5.74, 6) is 0.490. The molecular weight excluding hydrogens is 360 g/mol. The number of carbonyl (C=O) groups excluding carboxylic acids is 1. The molecule has 0 radical (unpaired) electrons. The molecule has 3 rings (SSSR count). The van der Waals surface area contributed by atoms with Crippen LogP contribution in [0.25, 0.3) is 0 Å². The highest BCUT2D eigenvalue weighted by molar-refractivity contribution is 7.89. The lowest BCUT2D eigenvalue weighted by atomic mass is 9.91. The highest BCUT2D eigenvalue weighted by atomic mass is 32.2. The molecule has 1 aromatic carbocycles. The van der Waals surface area contributed by atoms with Crippen LogP contribution in [0.3, 0.4) is 0 Å². The average Bonchev–Trinajstić information content (AvgIpc) is 2.69. The molecule has 5 nitrogen and oxygen atoms in total. The van der Waals surface area contributed by atoms with Crippen molar-refractivity contribution >= 4 is 21.6 Å². The minimum Gasteiger partial charge on any atom is -0.326 e. The number of anilines is 1. The Morgan fingerprint density at radius 3 is 2.26 bits per heavy atom. The van der Waals surface area contributed by atoms with Gasteiger partial charge >= 0.3 is 0 Å². The molecule has 1 amide bonds. The summed E-state index contributed by atoms with van der Waals surface area (Å²) >= 11 is 0. The normalized spacial score (nSPS) is 20.5. The molecule has 1 saturated heterocycles. The third-order valence-corrected chi connectivity index (χ3v) is 8.06. The van der Waals surface area contributed by atoms with Gasteiger partial charge < -0.3 is 5.32 Å². The molecule has 150 valence electrons. The lowest BCUT2D eigenvalue weighted by Gasteiger charge is -2.32. The van der Waals surface area contributed by atoms with Crippen LogP contribution < -0.4 is 5.32 Å². The van der Waals surface area contributed by atoms with E-state index in [4.69, 9.17) is 0 Å². The Morgan fingerprint density at radius 1 is 1.04 bits per heavy atom. The third-order valence-electron chi connectivity index (χ3n) is 6.02. The van der Waals surface area contributed by atoms with Gasteiger partial charge in [-0.05, 0) is 55.7 Å². The zero-order chi connectivity index (χ0) is 19.3. The van der Waals surface area contributed by atoms with E-state index in [-0.39, 0.29) is 17.6 Å². The first-order valence-corrected chi connectivity index (χ1v) is 12.0. The van der Waals surface area contributed by atoms with E-state index in [1.165, 1.54) is 12.0 Å². The van der Waals surface area contributed by atoms with Crippen molar-refractivity contribution in [1.29, 1.82) is 0 Å². The van der Waals surface area contributed by atoms with Gasteiger partial charge in [-0.3, -0.25) is 4.79 Å². The summed E-state index contributed by atoms with van der Waals surface area (Å²) < 4.78 is 27.0. The molecule has 2 aliphatic rings. The van der Waals surface area contributed by atoms with E-state index in [1.54, 1.807) is 4.31 Å². The Kier molecular flexibility index (Phi) is 6.93. The monoisotopic (exact) mass is 392 g/mol. The summed E-state index contributed by atoms with van der Waals surface area (Å²) in [5, 5.41) is 2.98. The first kappa shape index (κ1) is 20.3. The highest BCUT2D eigenvalue weighted by Gasteiger charge is 2.32. The van der Waals surface area contributed by atoms with Gasteiger partial charge in [0, 0.05) is 24.7 Å². The van der Waals surface area contributed by atoms with E-state index in [0.717, 1.165) is 37.8 Å². The van der Waals surface area contributed by atoms with Crippen LogP contribution in [-0.2, 0) is 21.2 Å². The number of nitrogens with zero attached hydrogens (tertiary/aromatic N) is 1. The fraction of sp³-hybridized carbons (Fsp3) is 0.667. The summed E-state index contributed by atoms with van der Waals surface area (Å²) in [5.41, 5.74) is 2.05. The fourth-order valence-electron chi connectivity index (χ4n) is 4.22. The van der Waals surface area contributed by atoms with Gasteiger partial charge in [-0.2, -0.15) is 0 Å². The van der Waals surface area contributed by atoms with E-state index in [1.807, 2.05) is 24.3 Å². The molecule has 0 aromatic heterocycles. The number of carbonyl (C=O) groups is 1. The molecule has 1 aromatic rings. The number of benzene rings is 1. The van der Waals surface area contributed by atoms with E-state index < -0.39 is 10.0 Å². The number of hydrogen-bond acceptors (Lipinski definition) is 3. The number of hydrogen-bond donors (Lipinski definition) is 1. The second-order valence-electron chi connectivity index (χ2n) is 8.00. The Balaban J connectivity index is 1.49. The maximum atomic E-state index is 12.7. The van der Waals surface area contributed by atoms with Gasteiger partial charge in [-0.1, -0.05) is 38.3 Å². The molecule has 0 spiro atoms. The zero-order valence-corrected chi connectivity index (χ0v) is 17.1. The topological polar surface area (TPSA) is 66.5 Å². The minimum absolute atomic E-state index is 0.00331. The first-order chi connectivity index (χ1) is 13.0. The molecule has 1 aliphatic heterocycles. The lowest BCUT2D eigenvalue weighted by Crippen LogP contribution is -2.43. The molecule has 1 aliphatic carbocycles. The van der Waals surface area contributed by atoms with Gasteiger partial charge in [0.1, 0.15) is 0 Å². The number of nitrogens with one attached hydrogen (secondary N) is 1. The van der Waals surface area contributed by atoms with Gasteiger partial charge in [0.05, 0.1) is 5.75 Å². The van der Waals surface area contributed by atoms with Crippen molar-refractivity contribution in [3.05, 3.63) is 29.8 Å². The number of sulfonamides is 1. The molecule has 2 fully saturated rings.